The fraction of sp³-hybridized carbons (Fsp3) is 0.0909. The third-order valence-corrected chi connectivity index (χ3v) is 5.41. The number of thioether (sulfide) groups is 1. The van der Waals surface area contributed by atoms with Gasteiger partial charge in [0, 0.05) is 22.7 Å². The van der Waals surface area contributed by atoms with E-state index in [1.165, 1.54) is 13.2 Å². The minimum absolute atomic E-state index is 0.211. The van der Waals surface area contributed by atoms with Crippen LogP contribution in [0, 0.1) is 0 Å². The van der Waals surface area contributed by atoms with Crippen LogP contribution in [-0.4, -0.2) is 35.6 Å². The third kappa shape index (κ3) is 4.36. The first-order valence-electron chi connectivity index (χ1n) is 9.17. The third-order valence-electron chi connectivity index (χ3n) is 4.50. The molecule has 2 heterocycles. The topological polar surface area (TPSA) is 106 Å². The number of benzene rings is 2. The molecule has 3 aromatic rings. The van der Waals surface area contributed by atoms with E-state index in [9.17, 15) is 19.2 Å². The summed E-state index contributed by atoms with van der Waals surface area (Å²) in [6.07, 6.45) is 1.57. The van der Waals surface area contributed by atoms with Crippen LogP contribution in [0.4, 0.5) is 10.5 Å². The van der Waals surface area contributed by atoms with Crippen LogP contribution in [0.3, 0.4) is 0 Å². The fourth-order valence-electron chi connectivity index (χ4n) is 3.06. The molecule has 1 aromatic heterocycles. The number of para-hydroxylation sites is 1. The fourth-order valence-corrected chi connectivity index (χ4v) is 3.89. The first kappa shape index (κ1) is 20.4. The van der Waals surface area contributed by atoms with Gasteiger partial charge in [0.1, 0.15) is 17.9 Å². The summed E-state index contributed by atoms with van der Waals surface area (Å²) in [5.74, 6) is -0.506. The zero-order valence-corrected chi connectivity index (χ0v) is 17.1. The highest BCUT2D eigenvalue weighted by Crippen LogP contribution is 2.33. The van der Waals surface area contributed by atoms with Crippen molar-refractivity contribution in [2.45, 2.75) is 0 Å². The molecule has 0 saturated carbocycles. The summed E-state index contributed by atoms with van der Waals surface area (Å²) in [5.41, 5.74) is 1.02. The number of imide groups is 1. The van der Waals surface area contributed by atoms with Crippen molar-refractivity contribution in [3.8, 4) is 5.75 Å². The number of anilines is 1. The van der Waals surface area contributed by atoms with Gasteiger partial charge in [0.25, 0.3) is 11.1 Å². The molecule has 3 amide bonds. The number of nitrogens with zero attached hydrogens (tertiary/aromatic N) is 1. The van der Waals surface area contributed by atoms with Crippen molar-refractivity contribution in [3.63, 3.8) is 0 Å². The summed E-state index contributed by atoms with van der Waals surface area (Å²) in [6.45, 7) is -0.421. The molecule has 0 spiro atoms. The number of ether oxygens (including phenoxy) is 1. The molecule has 9 heteroatoms. The Balaban J connectivity index is 1.47. The highest BCUT2D eigenvalue weighted by Gasteiger charge is 2.36. The summed E-state index contributed by atoms with van der Waals surface area (Å²) < 4.78 is 10.3. The maximum atomic E-state index is 12.7. The highest BCUT2D eigenvalue weighted by atomic mass is 32.2. The van der Waals surface area contributed by atoms with Crippen molar-refractivity contribution in [1.29, 1.82) is 0 Å². The summed E-state index contributed by atoms with van der Waals surface area (Å²) >= 11 is 0.768. The number of fused-ring (bicyclic) bond motifs is 1. The first-order chi connectivity index (χ1) is 14.9. The van der Waals surface area contributed by atoms with E-state index in [2.05, 4.69) is 5.32 Å². The van der Waals surface area contributed by atoms with Gasteiger partial charge in [0.05, 0.1) is 12.0 Å². The minimum atomic E-state index is -0.545. The number of amides is 3. The lowest BCUT2D eigenvalue weighted by atomic mass is 10.2. The summed E-state index contributed by atoms with van der Waals surface area (Å²) in [7, 11) is 1.52. The van der Waals surface area contributed by atoms with Gasteiger partial charge in [-0.1, -0.05) is 18.2 Å². The van der Waals surface area contributed by atoms with Gasteiger partial charge in [-0.15, -0.1) is 0 Å². The molecular weight excluding hydrogens is 420 g/mol. The van der Waals surface area contributed by atoms with E-state index < -0.39 is 29.2 Å². The van der Waals surface area contributed by atoms with Crippen molar-refractivity contribution in [3.05, 3.63) is 75.5 Å². The SMILES string of the molecule is COc1ccccc1/C=C1/SC(=O)N(CC(=O)Nc2ccc3oc(=O)ccc3c2)C1=O. The van der Waals surface area contributed by atoms with E-state index in [-0.39, 0.29) is 4.91 Å². The minimum Gasteiger partial charge on any atom is -0.496 e. The van der Waals surface area contributed by atoms with Crippen molar-refractivity contribution in [2.24, 2.45) is 0 Å². The number of carbonyl (C=O) groups excluding carboxylic acids is 3. The molecule has 0 aliphatic carbocycles. The molecule has 0 bridgehead atoms. The molecule has 1 aliphatic rings. The van der Waals surface area contributed by atoms with Crippen LogP contribution in [0.25, 0.3) is 17.0 Å². The lowest BCUT2D eigenvalue weighted by molar-refractivity contribution is -0.127. The number of hydrogen-bond acceptors (Lipinski definition) is 7. The number of methoxy groups -OCH3 is 1. The molecule has 8 nitrogen and oxygen atoms in total. The lowest BCUT2D eigenvalue weighted by Gasteiger charge is -2.12. The number of hydrogen-bond donors (Lipinski definition) is 1. The van der Waals surface area contributed by atoms with Crippen molar-refractivity contribution in [1.82, 2.24) is 4.90 Å². The van der Waals surface area contributed by atoms with E-state index in [1.54, 1.807) is 54.6 Å². The van der Waals surface area contributed by atoms with Crippen LogP contribution in [0.1, 0.15) is 5.56 Å². The zero-order chi connectivity index (χ0) is 22.0. The predicted molar refractivity (Wildman–Crippen MR) is 117 cm³/mol. The monoisotopic (exact) mass is 436 g/mol. The molecule has 31 heavy (non-hydrogen) atoms. The highest BCUT2D eigenvalue weighted by molar-refractivity contribution is 8.18. The molecule has 1 N–H and O–H groups in total. The Labute approximate surface area is 180 Å². The molecule has 0 unspecified atom stereocenters. The van der Waals surface area contributed by atoms with Gasteiger partial charge in [0.15, 0.2) is 0 Å². The molecule has 1 aliphatic heterocycles. The van der Waals surface area contributed by atoms with E-state index in [0.29, 0.717) is 28.0 Å². The molecular formula is C22H16N2O6S. The zero-order valence-electron chi connectivity index (χ0n) is 16.3. The van der Waals surface area contributed by atoms with Gasteiger partial charge in [-0.05, 0) is 48.2 Å². The second-order valence-electron chi connectivity index (χ2n) is 6.57. The largest absolute Gasteiger partial charge is 0.496 e. The Morgan fingerprint density at radius 1 is 1.13 bits per heavy atom. The second-order valence-corrected chi connectivity index (χ2v) is 7.56. The average Bonchev–Trinajstić information content (AvgIpc) is 3.01. The second kappa shape index (κ2) is 8.49. The number of carbonyl (C=O) groups is 3. The van der Waals surface area contributed by atoms with Crippen LogP contribution in [-0.2, 0) is 9.59 Å². The van der Waals surface area contributed by atoms with Crippen molar-refractivity contribution >= 4 is 51.5 Å². The maximum absolute atomic E-state index is 12.7. The first-order valence-corrected chi connectivity index (χ1v) is 9.98. The Hall–Kier alpha value is -3.85. The van der Waals surface area contributed by atoms with Gasteiger partial charge in [-0.2, -0.15) is 0 Å². The van der Waals surface area contributed by atoms with Crippen LogP contribution < -0.4 is 15.7 Å². The number of rotatable bonds is 5. The van der Waals surface area contributed by atoms with E-state index in [0.717, 1.165) is 16.7 Å². The van der Waals surface area contributed by atoms with Crippen LogP contribution in [0.2, 0.25) is 0 Å². The quantitative estimate of drug-likeness (QED) is 0.482. The van der Waals surface area contributed by atoms with Crippen LogP contribution in [0.15, 0.2) is 68.7 Å². The summed E-state index contributed by atoms with van der Waals surface area (Å²) in [4.78, 5) is 49.8. The summed E-state index contributed by atoms with van der Waals surface area (Å²) in [5, 5.41) is 2.75. The molecule has 1 fully saturated rings. The smallest absolute Gasteiger partial charge is 0.336 e. The van der Waals surface area contributed by atoms with Gasteiger partial charge >= 0.3 is 5.63 Å². The van der Waals surface area contributed by atoms with Gasteiger partial charge in [-0.25, -0.2) is 4.79 Å². The van der Waals surface area contributed by atoms with E-state index in [1.807, 2.05) is 0 Å². The number of nitrogens with one attached hydrogen (secondary N) is 1. The molecule has 4 rings (SSSR count). The van der Waals surface area contributed by atoms with E-state index in [4.69, 9.17) is 9.15 Å². The van der Waals surface area contributed by atoms with Gasteiger partial charge in [0.2, 0.25) is 5.91 Å². The molecule has 2 aromatic carbocycles. The Bertz CT molecular complexity index is 1300. The van der Waals surface area contributed by atoms with Gasteiger partial charge in [-0.3, -0.25) is 19.3 Å². The average molecular weight is 436 g/mol. The molecule has 1 saturated heterocycles. The van der Waals surface area contributed by atoms with Crippen LogP contribution in [0.5, 0.6) is 5.75 Å². The normalized spacial score (nSPS) is 15.0. The van der Waals surface area contributed by atoms with Crippen molar-refractivity contribution < 1.29 is 23.5 Å². The maximum Gasteiger partial charge on any atom is 0.336 e. The molecule has 0 radical (unpaired) electrons. The van der Waals surface area contributed by atoms with Crippen LogP contribution >= 0.6 is 11.8 Å². The Morgan fingerprint density at radius 3 is 2.74 bits per heavy atom. The summed E-state index contributed by atoms with van der Waals surface area (Å²) in [6, 6.07) is 14.7. The standard InChI is InChI=1S/C22H16N2O6S/c1-29-16-5-3-2-4-13(16)11-18-21(27)24(22(28)31-18)12-19(25)23-15-7-8-17-14(10-15)6-9-20(26)30-17/h2-11H,12H2,1H3,(H,23,25)/b18-11+. The molecule has 156 valence electrons. The van der Waals surface area contributed by atoms with Gasteiger partial charge < -0.3 is 14.5 Å². The Kier molecular flexibility index (Phi) is 5.59. The van der Waals surface area contributed by atoms with Crippen molar-refractivity contribution in [2.75, 3.05) is 19.0 Å². The van der Waals surface area contributed by atoms with E-state index >= 15 is 0 Å². The Morgan fingerprint density at radius 2 is 1.94 bits per heavy atom. The predicted octanol–water partition coefficient (Wildman–Crippen LogP) is 3.48. The molecule has 0 atom stereocenters. The lowest BCUT2D eigenvalue weighted by Crippen LogP contribution is -2.36.